The van der Waals surface area contributed by atoms with E-state index in [0.29, 0.717) is 29.6 Å². The number of hydrogen-bond donors (Lipinski definition) is 3. The molecule has 8 nitrogen and oxygen atoms in total. The van der Waals surface area contributed by atoms with Crippen molar-refractivity contribution in [3.05, 3.63) is 39.6 Å². The number of aryl methyl sites for hydroxylation is 1. The molecule has 1 aromatic carbocycles. The monoisotopic (exact) mass is 434 g/mol. The highest BCUT2D eigenvalue weighted by molar-refractivity contribution is 6.45. The van der Waals surface area contributed by atoms with Crippen LogP contribution in [0.5, 0.6) is 0 Å². The van der Waals surface area contributed by atoms with E-state index in [0.717, 1.165) is 33.4 Å². The molecule has 2 aromatic heterocycles. The van der Waals surface area contributed by atoms with Crippen LogP contribution in [0.15, 0.2) is 18.3 Å². The first-order chi connectivity index (χ1) is 13.9. The van der Waals surface area contributed by atoms with Crippen molar-refractivity contribution in [1.82, 2.24) is 25.0 Å². The number of carbonyl (C=O) groups is 2. The molecule has 0 saturated heterocycles. The molecule has 2 amide bonds. The van der Waals surface area contributed by atoms with Gasteiger partial charge in [-0.3, -0.25) is 14.3 Å². The molecule has 0 saturated carbocycles. The smallest absolute Gasteiger partial charge is 0.242 e. The molecule has 3 aromatic rings. The van der Waals surface area contributed by atoms with E-state index in [9.17, 15) is 9.59 Å². The first-order valence-corrected chi connectivity index (χ1v) is 9.90. The maximum Gasteiger partial charge on any atom is 0.242 e. The summed E-state index contributed by atoms with van der Waals surface area (Å²) in [6.45, 7) is 0.728. The number of hydrogen-bond acceptors (Lipinski definition) is 4. The van der Waals surface area contributed by atoms with Crippen LogP contribution in [0.4, 0.5) is 0 Å². The largest absolute Gasteiger partial charge is 0.357 e. The van der Waals surface area contributed by atoms with Gasteiger partial charge in [0.05, 0.1) is 34.3 Å². The number of nitrogens with one attached hydrogen (secondary N) is 2. The summed E-state index contributed by atoms with van der Waals surface area (Å²) in [5.74, 6) is -0.520. The van der Waals surface area contributed by atoms with E-state index in [4.69, 9.17) is 28.9 Å². The lowest BCUT2D eigenvalue weighted by Crippen LogP contribution is -2.43. The van der Waals surface area contributed by atoms with Crippen LogP contribution in [0.1, 0.15) is 11.3 Å². The number of H-pyrrole nitrogens is 1. The molecule has 0 atom stereocenters. The van der Waals surface area contributed by atoms with Gasteiger partial charge in [-0.15, -0.1) is 0 Å². The fourth-order valence-corrected chi connectivity index (χ4v) is 4.07. The first kappa shape index (κ1) is 19.8. The Labute approximate surface area is 176 Å². The molecule has 1 aliphatic heterocycles. The van der Waals surface area contributed by atoms with Crippen LogP contribution < -0.4 is 11.1 Å². The van der Waals surface area contributed by atoms with Crippen molar-refractivity contribution in [2.75, 3.05) is 19.6 Å². The fourth-order valence-electron chi connectivity index (χ4n) is 3.67. The molecule has 4 N–H and O–H groups in total. The predicted molar refractivity (Wildman–Crippen MR) is 112 cm³/mol. The number of carbonyl (C=O) groups excluding carboxylic acids is 2. The van der Waals surface area contributed by atoms with Crippen LogP contribution in [0.25, 0.3) is 22.2 Å². The van der Waals surface area contributed by atoms with Gasteiger partial charge in [-0.2, -0.15) is 5.10 Å². The van der Waals surface area contributed by atoms with Crippen LogP contribution >= 0.6 is 23.2 Å². The average molecular weight is 435 g/mol. The van der Waals surface area contributed by atoms with E-state index in [1.807, 2.05) is 25.4 Å². The number of nitrogens with two attached hydrogens (primary N) is 1. The zero-order valence-electron chi connectivity index (χ0n) is 15.8. The van der Waals surface area contributed by atoms with Gasteiger partial charge in [-0.1, -0.05) is 23.2 Å². The van der Waals surface area contributed by atoms with Crippen molar-refractivity contribution in [3.8, 4) is 11.3 Å². The lowest BCUT2D eigenvalue weighted by atomic mass is 9.99. The van der Waals surface area contributed by atoms with Crippen LogP contribution in [-0.4, -0.2) is 51.1 Å². The minimum absolute atomic E-state index is 0.0760. The zero-order chi connectivity index (χ0) is 20.7. The molecule has 0 radical (unpaired) electrons. The highest BCUT2D eigenvalue weighted by atomic mass is 35.5. The molecule has 0 spiro atoms. The molecule has 0 unspecified atom stereocenters. The highest BCUT2D eigenvalue weighted by Gasteiger charge is 2.27. The minimum atomic E-state index is -0.359. The Balaban J connectivity index is 1.74. The highest BCUT2D eigenvalue weighted by Crippen LogP contribution is 2.41. The Morgan fingerprint density at radius 3 is 2.86 bits per heavy atom. The molecule has 4 rings (SSSR count). The maximum absolute atomic E-state index is 12.6. The van der Waals surface area contributed by atoms with E-state index in [1.54, 1.807) is 9.58 Å². The molecule has 3 heterocycles. The van der Waals surface area contributed by atoms with Gasteiger partial charge in [0.15, 0.2) is 0 Å². The molecule has 152 valence electrons. The molecular formula is C19H20Cl2N6O2. The van der Waals surface area contributed by atoms with E-state index in [-0.39, 0.29) is 24.9 Å². The van der Waals surface area contributed by atoms with Crippen LogP contribution in [0.3, 0.4) is 0 Å². The third-order valence-corrected chi connectivity index (χ3v) is 5.89. The number of halogens is 2. The van der Waals surface area contributed by atoms with Gasteiger partial charge in [0.1, 0.15) is 0 Å². The third kappa shape index (κ3) is 3.59. The summed E-state index contributed by atoms with van der Waals surface area (Å²) < 4.78 is 1.72. The van der Waals surface area contributed by atoms with Gasteiger partial charge in [0.25, 0.3) is 0 Å². The summed E-state index contributed by atoms with van der Waals surface area (Å²) in [6, 6.07) is 3.72. The Morgan fingerprint density at radius 2 is 2.17 bits per heavy atom. The topological polar surface area (TPSA) is 109 Å². The molecule has 1 aliphatic rings. The standard InChI is InChI=1S/C19H20Cl2N6O2/c1-26-4-2-14(25-26)10-6-12(20)18(21)19-17(10)11-9-27(5-3-13(11)24-19)16(29)8-23-15(28)7-22/h2,4,6,24H,3,5,7-9,22H2,1H3,(H,23,28). The van der Waals surface area contributed by atoms with E-state index >= 15 is 0 Å². The van der Waals surface area contributed by atoms with Gasteiger partial charge < -0.3 is 20.9 Å². The number of fused-ring (bicyclic) bond motifs is 3. The minimum Gasteiger partial charge on any atom is -0.357 e. The van der Waals surface area contributed by atoms with Gasteiger partial charge in [0.2, 0.25) is 11.8 Å². The fraction of sp³-hybridized carbons (Fsp3) is 0.316. The van der Waals surface area contributed by atoms with E-state index in [2.05, 4.69) is 15.4 Å². The van der Waals surface area contributed by atoms with Crippen molar-refractivity contribution < 1.29 is 9.59 Å². The summed E-state index contributed by atoms with van der Waals surface area (Å²) in [5, 5.41) is 8.83. The number of benzene rings is 1. The van der Waals surface area contributed by atoms with Crippen molar-refractivity contribution in [2.45, 2.75) is 13.0 Å². The Bertz CT molecular complexity index is 1120. The summed E-state index contributed by atoms with van der Waals surface area (Å²) in [5.41, 5.74) is 9.67. The van der Waals surface area contributed by atoms with E-state index < -0.39 is 0 Å². The van der Waals surface area contributed by atoms with Gasteiger partial charge >= 0.3 is 0 Å². The number of amides is 2. The SMILES string of the molecule is Cn1ccc(-c2cc(Cl)c(Cl)c3[nH]c4c(c23)CN(C(=O)CNC(=O)CN)CC4)n1. The van der Waals surface area contributed by atoms with Gasteiger partial charge in [-0.25, -0.2) is 0 Å². The van der Waals surface area contributed by atoms with Crippen LogP contribution in [0.2, 0.25) is 10.0 Å². The average Bonchev–Trinajstić information content (AvgIpc) is 3.32. The van der Waals surface area contributed by atoms with Crippen LogP contribution in [0, 0.1) is 0 Å². The van der Waals surface area contributed by atoms with E-state index in [1.165, 1.54) is 0 Å². The second kappa shape index (κ2) is 7.70. The third-order valence-electron chi connectivity index (χ3n) is 5.11. The Hall–Kier alpha value is -2.55. The molecule has 0 aliphatic carbocycles. The van der Waals surface area contributed by atoms with Crippen LogP contribution in [-0.2, 0) is 29.6 Å². The first-order valence-electron chi connectivity index (χ1n) is 9.15. The lowest BCUT2D eigenvalue weighted by Gasteiger charge is -2.27. The molecule has 10 heteroatoms. The lowest BCUT2D eigenvalue weighted by molar-refractivity contribution is -0.133. The number of aromatic nitrogens is 3. The second-order valence-electron chi connectivity index (χ2n) is 6.97. The quantitative estimate of drug-likeness (QED) is 0.581. The summed E-state index contributed by atoms with van der Waals surface area (Å²) in [6.07, 6.45) is 2.51. The molecular weight excluding hydrogens is 415 g/mol. The van der Waals surface area contributed by atoms with Gasteiger partial charge in [-0.05, 0) is 12.1 Å². The Kier molecular flexibility index (Phi) is 5.24. The summed E-state index contributed by atoms with van der Waals surface area (Å²) in [7, 11) is 1.85. The van der Waals surface area contributed by atoms with Crippen molar-refractivity contribution in [2.24, 2.45) is 12.8 Å². The number of rotatable bonds is 4. The zero-order valence-corrected chi connectivity index (χ0v) is 17.3. The van der Waals surface area contributed by atoms with Gasteiger partial charge in [0, 0.05) is 55.0 Å². The molecule has 0 fully saturated rings. The number of aromatic amines is 1. The maximum atomic E-state index is 12.6. The van der Waals surface area contributed by atoms with Crippen molar-refractivity contribution in [3.63, 3.8) is 0 Å². The predicted octanol–water partition coefficient (Wildman–Crippen LogP) is 1.83. The second-order valence-corrected chi connectivity index (χ2v) is 7.76. The Morgan fingerprint density at radius 1 is 1.38 bits per heavy atom. The molecule has 29 heavy (non-hydrogen) atoms. The summed E-state index contributed by atoms with van der Waals surface area (Å²) in [4.78, 5) is 29.0. The normalized spacial score (nSPS) is 13.6. The summed E-state index contributed by atoms with van der Waals surface area (Å²) >= 11 is 12.9. The molecule has 0 bridgehead atoms. The number of nitrogens with zero attached hydrogens (tertiary/aromatic N) is 3. The van der Waals surface area contributed by atoms with Crippen molar-refractivity contribution in [1.29, 1.82) is 0 Å². The van der Waals surface area contributed by atoms with Crippen molar-refractivity contribution >= 4 is 45.9 Å².